The van der Waals surface area contributed by atoms with E-state index in [4.69, 9.17) is 11.6 Å². The summed E-state index contributed by atoms with van der Waals surface area (Å²) in [4.78, 5) is 21.5. The molecule has 9 nitrogen and oxygen atoms in total. The van der Waals surface area contributed by atoms with Gasteiger partial charge in [-0.05, 0) is 61.2 Å². The molecule has 200 valence electrons. The molecule has 2 atom stereocenters. The number of nitriles is 1. The minimum Gasteiger partial charge on any atom is -0.351 e. The quantitative estimate of drug-likeness (QED) is 0.295. The third kappa shape index (κ3) is 6.70. The SMILES string of the molecule is Cc1cccc(Cl)c1S(=O)(=O)NC(CC(C)n1cccc1C#N)C(=O)NCc1cccc(-c2cncnc2)c1. The molecule has 2 heterocycles. The normalized spacial score (nSPS) is 12.9. The van der Waals surface area contributed by atoms with Crippen LogP contribution in [0, 0.1) is 18.3 Å². The minimum absolute atomic E-state index is 0.0635. The van der Waals surface area contributed by atoms with Gasteiger partial charge < -0.3 is 9.88 Å². The lowest BCUT2D eigenvalue weighted by molar-refractivity contribution is -0.123. The zero-order chi connectivity index (χ0) is 28.0. The van der Waals surface area contributed by atoms with Gasteiger partial charge in [0.15, 0.2) is 0 Å². The molecule has 0 spiro atoms. The van der Waals surface area contributed by atoms with Gasteiger partial charge in [-0.15, -0.1) is 0 Å². The summed E-state index contributed by atoms with van der Waals surface area (Å²) in [6.07, 6.45) is 6.67. The Hall–Kier alpha value is -4.04. The van der Waals surface area contributed by atoms with Gasteiger partial charge in [-0.2, -0.15) is 9.98 Å². The van der Waals surface area contributed by atoms with E-state index in [0.717, 1.165) is 16.7 Å². The molecule has 0 aliphatic heterocycles. The van der Waals surface area contributed by atoms with E-state index in [1.165, 1.54) is 12.4 Å². The van der Waals surface area contributed by atoms with E-state index < -0.39 is 22.0 Å². The van der Waals surface area contributed by atoms with Crippen LogP contribution in [0.25, 0.3) is 11.1 Å². The molecular weight excluding hydrogens is 536 g/mol. The van der Waals surface area contributed by atoms with E-state index in [-0.39, 0.29) is 28.9 Å². The molecule has 0 saturated heterocycles. The number of nitrogens with one attached hydrogen (secondary N) is 2. The zero-order valence-electron chi connectivity index (χ0n) is 21.4. The Labute approximate surface area is 232 Å². The van der Waals surface area contributed by atoms with Crippen LogP contribution in [0.4, 0.5) is 0 Å². The van der Waals surface area contributed by atoms with Crippen molar-refractivity contribution in [1.82, 2.24) is 24.6 Å². The topological polar surface area (TPSA) is 130 Å². The van der Waals surface area contributed by atoms with Crippen LogP contribution in [0.15, 0.2) is 84.4 Å². The summed E-state index contributed by atoms with van der Waals surface area (Å²) in [5.41, 5.74) is 3.41. The first-order valence-corrected chi connectivity index (χ1v) is 14.0. The van der Waals surface area contributed by atoms with Crippen molar-refractivity contribution in [2.45, 2.75) is 43.8 Å². The maximum absolute atomic E-state index is 13.4. The van der Waals surface area contributed by atoms with Crippen LogP contribution in [0.3, 0.4) is 0 Å². The molecular formula is C28H27ClN6O3S. The summed E-state index contributed by atoms with van der Waals surface area (Å²) >= 11 is 6.24. The van der Waals surface area contributed by atoms with Gasteiger partial charge >= 0.3 is 0 Å². The Morgan fingerprint density at radius 1 is 1.10 bits per heavy atom. The van der Waals surface area contributed by atoms with Crippen molar-refractivity contribution >= 4 is 27.5 Å². The van der Waals surface area contributed by atoms with Crippen molar-refractivity contribution < 1.29 is 13.2 Å². The second kappa shape index (κ2) is 12.2. The van der Waals surface area contributed by atoms with Crippen LogP contribution in [0.5, 0.6) is 0 Å². The second-order valence-electron chi connectivity index (χ2n) is 9.10. The fraction of sp³-hybridized carbons (Fsp3) is 0.214. The van der Waals surface area contributed by atoms with Crippen LogP contribution >= 0.6 is 11.6 Å². The monoisotopic (exact) mass is 562 g/mol. The fourth-order valence-electron chi connectivity index (χ4n) is 4.36. The lowest BCUT2D eigenvalue weighted by atomic mass is 10.1. The molecule has 2 aromatic carbocycles. The van der Waals surface area contributed by atoms with Gasteiger partial charge in [-0.1, -0.05) is 41.9 Å². The van der Waals surface area contributed by atoms with Crippen molar-refractivity contribution in [2.75, 3.05) is 0 Å². The van der Waals surface area contributed by atoms with Crippen LogP contribution in [-0.2, 0) is 21.4 Å². The molecule has 1 amide bonds. The summed E-state index contributed by atoms with van der Waals surface area (Å²) in [6, 6.07) is 16.3. The molecule has 4 aromatic rings. The molecule has 0 aliphatic rings. The van der Waals surface area contributed by atoms with Gasteiger partial charge in [0.25, 0.3) is 0 Å². The van der Waals surface area contributed by atoms with Crippen LogP contribution in [-0.4, -0.2) is 34.9 Å². The van der Waals surface area contributed by atoms with E-state index in [1.54, 1.807) is 54.3 Å². The van der Waals surface area contributed by atoms with Gasteiger partial charge in [0.2, 0.25) is 15.9 Å². The molecule has 2 aromatic heterocycles. The van der Waals surface area contributed by atoms with Crippen LogP contribution < -0.4 is 10.0 Å². The van der Waals surface area contributed by atoms with Crippen molar-refractivity contribution in [1.29, 1.82) is 5.26 Å². The van der Waals surface area contributed by atoms with Gasteiger partial charge in [-0.25, -0.2) is 18.4 Å². The number of halogens is 1. The molecule has 0 fully saturated rings. The second-order valence-corrected chi connectivity index (χ2v) is 11.2. The predicted octanol–water partition coefficient (Wildman–Crippen LogP) is 4.39. The van der Waals surface area contributed by atoms with Crippen LogP contribution in [0.1, 0.15) is 36.2 Å². The first-order chi connectivity index (χ1) is 18.7. The number of carbonyl (C=O) groups is 1. The summed E-state index contributed by atoms with van der Waals surface area (Å²) in [6.45, 7) is 3.63. The zero-order valence-corrected chi connectivity index (χ0v) is 22.9. The smallest absolute Gasteiger partial charge is 0.243 e. The predicted molar refractivity (Wildman–Crippen MR) is 148 cm³/mol. The van der Waals surface area contributed by atoms with Gasteiger partial charge in [-0.3, -0.25) is 4.79 Å². The minimum atomic E-state index is -4.15. The van der Waals surface area contributed by atoms with Crippen molar-refractivity contribution in [3.8, 4) is 17.2 Å². The molecule has 0 bridgehead atoms. The maximum Gasteiger partial charge on any atom is 0.243 e. The number of sulfonamides is 1. The number of rotatable bonds is 10. The van der Waals surface area contributed by atoms with Gasteiger partial charge in [0.1, 0.15) is 29.0 Å². The molecule has 2 N–H and O–H groups in total. The third-order valence-electron chi connectivity index (χ3n) is 6.28. The van der Waals surface area contributed by atoms with Crippen LogP contribution in [0.2, 0.25) is 5.02 Å². The van der Waals surface area contributed by atoms with E-state index in [2.05, 4.69) is 26.1 Å². The van der Waals surface area contributed by atoms with E-state index in [0.29, 0.717) is 11.3 Å². The van der Waals surface area contributed by atoms with E-state index in [1.807, 2.05) is 31.2 Å². The Morgan fingerprint density at radius 2 is 1.85 bits per heavy atom. The molecule has 0 saturated carbocycles. The Bertz CT molecular complexity index is 1600. The van der Waals surface area contributed by atoms with Crippen molar-refractivity contribution in [3.63, 3.8) is 0 Å². The highest BCUT2D eigenvalue weighted by molar-refractivity contribution is 7.89. The maximum atomic E-state index is 13.4. The molecule has 4 rings (SSSR count). The largest absolute Gasteiger partial charge is 0.351 e. The first-order valence-electron chi connectivity index (χ1n) is 12.2. The highest BCUT2D eigenvalue weighted by Gasteiger charge is 2.30. The number of aromatic nitrogens is 3. The number of hydrogen-bond donors (Lipinski definition) is 2. The summed E-state index contributed by atoms with van der Waals surface area (Å²) in [5, 5.41) is 12.3. The Morgan fingerprint density at radius 3 is 2.56 bits per heavy atom. The number of benzene rings is 2. The number of carbonyl (C=O) groups excluding carboxylic acids is 1. The number of amides is 1. The van der Waals surface area contributed by atoms with Gasteiger partial charge in [0.05, 0.1) is 5.02 Å². The molecule has 0 aliphatic carbocycles. The lowest BCUT2D eigenvalue weighted by Gasteiger charge is -2.24. The van der Waals surface area contributed by atoms with Crippen molar-refractivity contribution in [2.24, 2.45) is 0 Å². The third-order valence-corrected chi connectivity index (χ3v) is 8.38. The van der Waals surface area contributed by atoms with Crippen molar-refractivity contribution in [3.05, 3.63) is 101 Å². The average molecular weight is 563 g/mol. The lowest BCUT2D eigenvalue weighted by Crippen LogP contribution is -2.47. The fourth-order valence-corrected chi connectivity index (χ4v) is 6.40. The van der Waals surface area contributed by atoms with E-state index >= 15 is 0 Å². The standard InChI is InChI=1S/C28H27ClN6O3S/c1-19-6-3-10-25(29)27(19)39(37,38)34-26(12-20(2)35-11-5-9-24(35)14-30)28(36)33-15-21-7-4-8-22(13-21)23-16-31-18-32-17-23/h3-11,13,16-18,20,26,34H,12,15H2,1-2H3,(H,33,36). The Balaban J connectivity index is 1.57. The highest BCUT2D eigenvalue weighted by Crippen LogP contribution is 2.26. The highest BCUT2D eigenvalue weighted by atomic mass is 35.5. The molecule has 11 heteroatoms. The number of hydrogen-bond acceptors (Lipinski definition) is 6. The number of aryl methyl sites for hydroxylation is 1. The summed E-state index contributed by atoms with van der Waals surface area (Å²) in [5.74, 6) is -0.505. The Kier molecular flexibility index (Phi) is 8.76. The molecule has 2 unspecified atom stereocenters. The summed E-state index contributed by atoms with van der Waals surface area (Å²) in [7, 11) is -4.15. The van der Waals surface area contributed by atoms with Gasteiger partial charge in [0, 0.05) is 36.7 Å². The van der Waals surface area contributed by atoms with E-state index in [9.17, 15) is 18.5 Å². The first kappa shape index (κ1) is 28.0. The molecule has 0 radical (unpaired) electrons. The number of nitrogens with zero attached hydrogens (tertiary/aromatic N) is 4. The summed E-state index contributed by atoms with van der Waals surface area (Å²) < 4.78 is 31.1. The molecule has 39 heavy (non-hydrogen) atoms. The average Bonchev–Trinajstić information content (AvgIpc) is 3.41.